The molecule has 0 radical (unpaired) electrons. The van der Waals surface area contributed by atoms with E-state index in [4.69, 9.17) is 10.7 Å². The van der Waals surface area contributed by atoms with Gasteiger partial charge in [-0.3, -0.25) is 14.5 Å². The van der Waals surface area contributed by atoms with Gasteiger partial charge in [-0.1, -0.05) is 98.8 Å². The van der Waals surface area contributed by atoms with E-state index < -0.39 is 11.9 Å². The molecule has 246 valence electrons. The Morgan fingerprint density at radius 2 is 1.47 bits per heavy atom. The molecule has 2 amide bonds. The highest BCUT2D eigenvalue weighted by molar-refractivity contribution is 5.89. The fourth-order valence-electron chi connectivity index (χ4n) is 8.30. The van der Waals surface area contributed by atoms with Gasteiger partial charge in [0.2, 0.25) is 17.8 Å². The quantitative estimate of drug-likeness (QED) is 0.231. The summed E-state index contributed by atoms with van der Waals surface area (Å²) in [4.78, 5) is 36.3. The van der Waals surface area contributed by atoms with Crippen LogP contribution in [0.15, 0.2) is 78.9 Å². The van der Waals surface area contributed by atoms with E-state index in [9.17, 15) is 9.59 Å². The van der Waals surface area contributed by atoms with Crippen LogP contribution in [0.2, 0.25) is 0 Å². The van der Waals surface area contributed by atoms with Crippen molar-refractivity contribution < 1.29 is 9.59 Å². The van der Waals surface area contributed by atoms with Crippen molar-refractivity contribution in [2.24, 2.45) is 11.7 Å². The molecular formula is C39H48N6O2. The zero-order chi connectivity index (χ0) is 32.2. The number of carbonyl (C=O) groups is 2. The molecular weight excluding hydrogens is 584 g/mol. The number of nitrogens with one attached hydrogen (secondary N) is 1. The minimum Gasteiger partial charge on any atom is -0.368 e. The molecule has 2 saturated carbocycles. The van der Waals surface area contributed by atoms with E-state index in [2.05, 4.69) is 68.2 Å². The van der Waals surface area contributed by atoms with Gasteiger partial charge in [0.25, 0.3) is 0 Å². The molecule has 7 rings (SSSR count). The van der Waals surface area contributed by atoms with Gasteiger partial charge in [-0.2, -0.15) is 0 Å². The Labute approximate surface area is 278 Å². The highest BCUT2D eigenvalue weighted by Gasteiger charge is 2.34. The van der Waals surface area contributed by atoms with Crippen molar-refractivity contribution >= 4 is 28.8 Å². The summed E-state index contributed by atoms with van der Waals surface area (Å²) in [5.74, 6) is 0.331. The molecule has 3 N–H and O–H groups in total. The van der Waals surface area contributed by atoms with Crippen LogP contribution in [0.25, 0.3) is 11.0 Å². The molecule has 47 heavy (non-hydrogen) atoms. The maximum Gasteiger partial charge on any atom is 0.244 e. The largest absolute Gasteiger partial charge is 0.368 e. The summed E-state index contributed by atoms with van der Waals surface area (Å²) in [7, 11) is 0. The first kappa shape index (κ1) is 31.4. The number of amides is 2. The molecule has 1 aromatic heterocycles. The third-order valence-corrected chi connectivity index (χ3v) is 10.9. The number of para-hydroxylation sites is 2. The zero-order valence-corrected chi connectivity index (χ0v) is 27.4. The summed E-state index contributed by atoms with van der Waals surface area (Å²) in [6.45, 7) is 4.95. The fraction of sp³-hybridized carbons (Fsp3) is 0.462. The highest BCUT2D eigenvalue weighted by Crippen LogP contribution is 2.39. The molecule has 1 aliphatic heterocycles. The number of benzene rings is 3. The number of primary amides is 1. The highest BCUT2D eigenvalue weighted by atomic mass is 16.2. The first-order chi connectivity index (χ1) is 23.0. The number of nitrogens with two attached hydrogens (primary N) is 1. The minimum atomic E-state index is -0.830. The molecule has 0 bridgehead atoms. The Morgan fingerprint density at radius 3 is 2.21 bits per heavy atom. The fourth-order valence-corrected chi connectivity index (χ4v) is 8.30. The Hall–Kier alpha value is -4.17. The molecule has 2 heterocycles. The maximum absolute atomic E-state index is 13.6. The van der Waals surface area contributed by atoms with Crippen molar-refractivity contribution in [2.45, 2.75) is 82.3 Å². The van der Waals surface area contributed by atoms with Gasteiger partial charge in [0.1, 0.15) is 6.04 Å². The van der Waals surface area contributed by atoms with E-state index in [1.807, 2.05) is 30.3 Å². The molecule has 8 nitrogen and oxygen atoms in total. The van der Waals surface area contributed by atoms with Crippen LogP contribution in [0.1, 0.15) is 86.4 Å². The molecule has 3 aliphatic rings. The van der Waals surface area contributed by atoms with Crippen molar-refractivity contribution in [1.82, 2.24) is 19.8 Å². The molecule has 2 aliphatic carbocycles. The van der Waals surface area contributed by atoms with Crippen molar-refractivity contribution in [1.29, 1.82) is 0 Å². The predicted molar refractivity (Wildman–Crippen MR) is 187 cm³/mol. The number of anilines is 1. The molecule has 3 fully saturated rings. The number of imidazole rings is 1. The topological polar surface area (TPSA) is 96.5 Å². The van der Waals surface area contributed by atoms with E-state index in [1.54, 1.807) is 0 Å². The Kier molecular flexibility index (Phi) is 9.56. The zero-order valence-electron chi connectivity index (χ0n) is 27.4. The first-order valence-corrected chi connectivity index (χ1v) is 17.7. The normalized spacial score (nSPS) is 21.8. The summed E-state index contributed by atoms with van der Waals surface area (Å²) in [6.07, 6.45) is 10.7. The van der Waals surface area contributed by atoms with Crippen LogP contribution in [0.4, 0.5) is 5.95 Å². The van der Waals surface area contributed by atoms with Crippen molar-refractivity contribution in [2.75, 3.05) is 31.1 Å². The standard InChI is InChI=1S/C39H48N6O2/c40-37(46)36(30-11-3-1-4-12-30)42-38(47)33-16-8-7-15-32(33)29-21-19-28(20-22-29)27-45-35-18-10-9-17-34(35)41-39(45)44-25-23-43(24-26-44)31-13-5-2-6-14-31/h1,3-4,9-12,17-22,31-33,36H,2,5-8,13-16,23-27H2,(H2,40,46)(H,42,47)/t32?,33-,36+/m1/s1. The van der Waals surface area contributed by atoms with E-state index in [1.165, 1.54) is 43.2 Å². The summed E-state index contributed by atoms with van der Waals surface area (Å²) in [5, 5.41) is 2.99. The summed E-state index contributed by atoms with van der Waals surface area (Å²) >= 11 is 0. The molecule has 0 spiro atoms. The SMILES string of the molecule is NC(=O)[C@@H](NC(=O)[C@@H]1CCCCC1c1ccc(Cn2c(N3CCN(C4CCCCC4)CC3)nc3ccccc32)cc1)c1ccccc1. The Bertz CT molecular complexity index is 1650. The monoisotopic (exact) mass is 632 g/mol. The lowest BCUT2D eigenvalue weighted by Gasteiger charge is -2.41. The van der Waals surface area contributed by atoms with Crippen molar-refractivity contribution in [3.8, 4) is 0 Å². The van der Waals surface area contributed by atoms with Gasteiger partial charge < -0.3 is 20.5 Å². The molecule has 1 unspecified atom stereocenters. The van der Waals surface area contributed by atoms with Crippen LogP contribution in [0, 0.1) is 5.92 Å². The van der Waals surface area contributed by atoms with Gasteiger partial charge in [0.15, 0.2) is 0 Å². The smallest absolute Gasteiger partial charge is 0.244 e. The molecule has 8 heteroatoms. The lowest BCUT2D eigenvalue weighted by molar-refractivity contribution is -0.131. The summed E-state index contributed by atoms with van der Waals surface area (Å²) in [6, 6.07) is 26.5. The lowest BCUT2D eigenvalue weighted by Crippen LogP contribution is -2.51. The number of hydrogen-bond acceptors (Lipinski definition) is 5. The van der Waals surface area contributed by atoms with Gasteiger partial charge in [-0.25, -0.2) is 4.98 Å². The average molecular weight is 633 g/mol. The van der Waals surface area contributed by atoms with Crippen molar-refractivity contribution in [3.63, 3.8) is 0 Å². The Morgan fingerprint density at radius 1 is 0.787 bits per heavy atom. The van der Waals surface area contributed by atoms with Gasteiger partial charge >= 0.3 is 0 Å². The molecule has 3 atom stereocenters. The van der Waals surface area contributed by atoms with Crippen LogP contribution < -0.4 is 16.0 Å². The second-order valence-corrected chi connectivity index (χ2v) is 13.8. The first-order valence-electron chi connectivity index (χ1n) is 17.7. The molecule has 3 aromatic carbocycles. The van der Waals surface area contributed by atoms with Crippen LogP contribution >= 0.6 is 0 Å². The number of hydrogen-bond donors (Lipinski definition) is 2. The molecule has 1 saturated heterocycles. The van der Waals surface area contributed by atoms with Gasteiger partial charge in [-0.15, -0.1) is 0 Å². The third-order valence-electron chi connectivity index (χ3n) is 10.9. The summed E-state index contributed by atoms with van der Waals surface area (Å²) in [5.41, 5.74) is 11.0. The van der Waals surface area contributed by atoms with E-state index in [0.717, 1.165) is 81.4 Å². The Balaban J connectivity index is 1.06. The maximum atomic E-state index is 13.6. The number of nitrogens with zero attached hydrogens (tertiary/aromatic N) is 4. The van der Waals surface area contributed by atoms with Crippen molar-refractivity contribution in [3.05, 3.63) is 95.6 Å². The molecule has 4 aromatic rings. The number of fused-ring (bicyclic) bond motifs is 1. The summed E-state index contributed by atoms with van der Waals surface area (Å²) < 4.78 is 2.38. The number of piperazine rings is 1. The van der Waals surface area contributed by atoms with Gasteiger partial charge in [0, 0.05) is 38.1 Å². The lowest BCUT2D eigenvalue weighted by atomic mass is 9.74. The van der Waals surface area contributed by atoms with Gasteiger partial charge in [-0.05, 0) is 60.4 Å². The number of aromatic nitrogens is 2. The minimum absolute atomic E-state index is 0.0930. The van der Waals surface area contributed by atoms with Crippen LogP contribution in [0.5, 0.6) is 0 Å². The number of rotatable bonds is 9. The predicted octanol–water partition coefficient (Wildman–Crippen LogP) is 6.16. The third kappa shape index (κ3) is 6.93. The second-order valence-electron chi connectivity index (χ2n) is 13.8. The van der Waals surface area contributed by atoms with E-state index in [-0.39, 0.29) is 17.7 Å². The van der Waals surface area contributed by atoms with Gasteiger partial charge in [0.05, 0.1) is 17.6 Å². The van der Waals surface area contributed by atoms with Crippen LogP contribution in [-0.2, 0) is 16.1 Å². The average Bonchev–Trinajstić information content (AvgIpc) is 3.49. The second kappa shape index (κ2) is 14.3. The van der Waals surface area contributed by atoms with E-state index in [0.29, 0.717) is 5.56 Å². The number of carbonyl (C=O) groups excluding carboxylic acids is 2. The van der Waals surface area contributed by atoms with Crippen LogP contribution in [-0.4, -0.2) is 58.5 Å². The van der Waals surface area contributed by atoms with Crippen LogP contribution in [0.3, 0.4) is 0 Å². The van der Waals surface area contributed by atoms with E-state index >= 15 is 0 Å².